The fourth-order valence-electron chi connectivity index (χ4n) is 3.68. The van der Waals surface area contributed by atoms with E-state index in [1.165, 1.54) is 0 Å². The molecule has 164 valence electrons. The molecule has 3 rings (SSSR count). The summed E-state index contributed by atoms with van der Waals surface area (Å²) in [6.07, 6.45) is 2.68. The first-order chi connectivity index (χ1) is 14.5. The summed E-state index contributed by atoms with van der Waals surface area (Å²) in [5, 5.41) is 9.18. The molecule has 1 aliphatic rings. The van der Waals surface area contributed by atoms with Crippen LogP contribution in [0.1, 0.15) is 49.6 Å². The topological polar surface area (TPSA) is 91.0 Å². The van der Waals surface area contributed by atoms with Crippen molar-refractivity contribution in [3.05, 3.63) is 41.3 Å². The van der Waals surface area contributed by atoms with Gasteiger partial charge in [0.05, 0.1) is 25.4 Å². The maximum Gasteiger partial charge on any atom is 0.335 e. The molecule has 1 saturated carbocycles. The number of carboxylic acids is 1. The molecule has 1 aromatic heterocycles. The number of oxazole rings is 1. The Bertz CT molecular complexity index is 833. The molecule has 0 amide bonds. The quantitative estimate of drug-likeness (QED) is 0.616. The third kappa shape index (κ3) is 6.14. The summed E-state index contributed by atoms with van der Waals surface area (Å²) in [6, 6.07) is 8.06. The van der Waals surface area contributed by atoms with Gasteiger partial charge in [0.15, 0.2) is 6.10 Å². The minimum atomic E-state index is -0.994. The molecule has 1 fully saturated rings. The molecule has 1 heterocycles. The Balaban J connectivity index is 1.51. The molecule has 0 saturated heterocycles. The van der Waals surface area contributed by atoms with Crippen molar-refractivity contribution in [3.8, 4) is 11.5 Å². The Morgan fingerprint density at radius 1 is 1.27 bits per heavy atom. The highest BCUT2D eigenvalue weighted by Gasteiger charge is 2.26. The van der Waals surface area contributed by atoms with E-state index in [2.05, 4.69) is 4.98 Å². The Morgan fingerprint density at radius 3 is 2.73 bits per heavy atom. The van der Waals surface area contributed by atoms with Crippen LogP contribution in [0, 0.1) is 13.8 Å². The molecule has 1 aliphatic carbocycles. The normalized spacial score (nSPS) is 20.2. The first kappa shape index (κ1) is 22.5. The molecule has 30 heavy (non-hydrogen) atoms. The van der Waals surface area contributed by atoms with E-state index >= 15 is 0 Å². The van der Waals surface area contributed by atoms with Crippen LogP contribution >= 0.6 is 0 Å². The zero-order chi connectivity index (χ0) is 21.5. The van der Waals surface area contributed by atoms with Gasteiger partial charge in [-0.05, 0) is 58.6 Å². The van der Waals surface area contributed by atoms with Crippen molar-refractivity contribution in [2.45, 2.75) is 71.4 Å². The van der Waals surface area contributed by atoms with Gasteiger partial charge in [0.25, 0.3) is 0 Å². The highest BCUT2D eigenvalue weighted by molar-refractivity contribution is 5.72. The highest BCUT2D eigenvalue weighted by Crippen LogP contribution is 2.27. The van der Waals surface area contributed by atoms with E-state index in [0.717, 1.165) is 48.3 Å². The minimum absolute atomic E-state index is 0.0210. The van der Waals surface area contributed by atoms with Gasteiger partial charge in [0.2, 0.25) is 5.89 Å². The van der Waals surface area contributed by atoms with Gasteiger partial charge in [-0.1, -0.05) is 17.7 Å². The number of hydrogen-bond donors (Lipinski definition) is 1. The smallest absolute Gasteiger partial charge is 0.335 e. The maximum atomic E-state index is 11.2. The maximum absolute atomic E-state index is 11.2. The third-order valence-electron chi connectivity index (χ3n) is 5.32. The second kappa shape index (κ2) is 10.7. The van der Waals surface area contributed by atoms with E-state index in [0.29, 0.717) is 19.1 Å². The first-order valence-electron chi connectivity index (χ1n) is 10.6. The zero-order valence-electron chi connectivity index (χ0n) is 17.9. The molecule has 1 aromatic carbocycles. The molecule has 0 bridgehead atoms. The number of rotatable bonds is 10. The van der Waals surface area contributed by atoms with Crippen molar-refractivity contribution in [2.75, 3.05) is 13.2 Å². The van der Waals surface area contributed by atoms with Gasteiger partial charge in [-0.15, -0.1) is 0 Å². The average Bonchev–Trinajstić information content (AvgIpc) is 3.10. The van der Waals surface area contributed by atoms with E-state index in [1.807, 2.05) is 38.1 Å². The number of aliphatic carboxylic acids is 1. The molecule has 0 radical (unpaired) electrons. The summed E-state index contributed by atoms with van der Waals surface area (Å²) < 4.78 is 23.0. The Morgan fingerprint density at radius 2 is 2.03 bits per heavy atom. The fraction of sp³-hybridized carbons (Fsp3) is 0.565. The summed E-state index contributed by atoms with van der Waals surface area (Å²) in [6.45, 7) is 6.50. The Kier molecular flexibility index (Phi) is 8.01. The molecule has 0 aliphatic heterocycles. The Labute approximate surface area is 177 Å². The molecule has 1 unspecified atom stereocenters. The van der Waals surface area contributed by atoms with Gasteiger partial charge in [0.1, 0.15) is 11.5 Å². The van der Waals surface area contributed by atoms with E-state index in [1.54, 1.807) is 6.92 Å². The number of hydrogen-bond acceptors (Lipinski definition) is 6. The summed E-state index contributed by atoms with van der Waals surface area (Å²) in [5.74, 6) is 0.373. The molecular formula is C23H31NO6. The van der Waals surface area contributed by atoms with Crippen molar-refractivity contribution in [1.29, 1.82) is 0 Å². The molecule has 1 N–H and O–H groups in total. The van der Waals surface area contributed by atoms with Gasteiger partial charge in [0, 0.05) is 12.2 Å². The summed E-state index contributed by atoms with van der Waals surface area (Å²) in [5.41, 5.74) is 2.92. The van der Waals surface area contributed by atoms with Crippen molar-refractivity contribution in [1.82, 2.24) is 4.98 Å². The second-order valence-corrected chi connectivity index (χ2v) is 7.73. The first-order valence-corrected chi connectivity index (χ1v) is 10.6. The van der Waals surface area contributed by atoms with Crippen molar-refractivity contribution < 1.29 is 28.5 Å². The van der Waals surface area contributed by atoms with Gasteiger partial charge in [-0.3, -0.25) is 0 Å². The number of carboxylic acid groups (broad SMARTS) is 1. The van der Waals surface area contributed by atoms with E-state index in [9.17, 15) is 9.90 Å². The lowest BCUT2D eigenvalue weighted by molar-refractivity contribution is -0.157. The van der Waals surface area contributed by atoms with Crippen molar-refractivity contribution in [2.24, 2.45) is 0 Å². The molecule has 2 aromatic rings. The predicted octanol–water partition coefficient (Wildman–Crippen LogP) is 4.29. The highest BCUT2D eigenvalue weighted by atomic mass is 16.6. The van der Waals surface area contributed by atoms with Crippen LogP contribution in [0.3, 0.4) is 0 Å². The predicted molar refractivity (Wildman–Crippen MR) is 111 cm³/mol. The van der Waals surface area contributed by atoms with Crippen LogP contribution in [0.2, 0.25) is 0 Å². The van der Waals surface area contributed by atoms with Crippen molar-refractivity contribution in [3.63, 3.8) is 0 Å². The molecule has 3 atom stereocenters. The van der Waals surface area contributed by atoms with Crippen LogP contribution in [0.4, 0.5) is 0 Å². The van der Waals surface area contributed by atoms with Crippen LogP contribution in [-0.2, 0) is 25.6 Å². The van der Waals surface area contributed by atoms with Crippen molar-refractivity contribution >= 4 is 5.97 Å². The van der Waals surface area contributed by atoms with E-state index in [4.69, 9.17) is 18.6 Å². The average molecular weight is 418 g/mol. The second-order valence-electron chi connectivity index (χ2n) is 7.73. The van der Waals surface area contributed by atoms with E-state index in [-0.39, 0.29) is 18.8 Å². The van der Waals surface area contributed by atoms with Crippen LogP contribution in [-0.4, -0.2) is 47.6 Å². The van der Waals surface area contributed by atoms with Gasteiger partial charge < -0.3 is 23.7 Å². The van der Waals surface area contributed by atoms with Gasteiger partial charge in [-0.25, -0.2) is 9.78 Å². The SMILES string of the molecule is CCOC(CO[C@@H]1CCC[C@H](OCc2nc(-c3cccc(C)c3)oc2C)C1)C(=O)O. The number of nitrogens with zero attached hydrogens (tertiary/aromatic N) is 1. The standard InChI is InChI=1S/C23H31NO6/c1-4-27-21(23(25)26)14-29-19-10-6-9-18(12-19)28-13-20-16(3)30-22(24-20)17-8-5-7-15(2)11-17/h5,7-8,11,18-19,21H,4,6,9-10,12-14H2,1-3H3,(H,25,26)/t18-,19+,21?/m0/s1. The Hall–Kier alpha value is -2.22. The van der Waals surface area contributed by atoms with Crippen LogP contribution in [0.5, 0.6) is 0 Å². The molecule has 0 spiro atoms. The number of aromatic nitrogens is 1. The number of carbonyl (C=O) groups is 1. The number of aryl methyl sites for hydroxylation is 2. The summed E-state index contributed by atoms with van der Waals surface area (Å²) in [4.78, 5) is 15.8. The zero-order valence-corrected chi connectivity index (χ0v) is 17.9. The van der Waals surface area contributed by atoms with Gasteiger partial charge >= 0.3 is 5.97 Å². The lowest BCUT2D eigenvalue weighted by atomic mass is 9.95. The molecule has 7 heteroatoms. The van der Waals surface area contributed by atoms with Crippen LogP contribution in [0.15, 0.2) is 28.7 Å². The lowest BCUT2D eigenvalue weighted by Gasteiger charge is -2.29. The molecule has 7 nitrogen and oxygen atoms in total. The summed E-state index contributed by atoms with van der Waals surface area (Å²) >= 11 is 0. The third-order valence-corrected chi connectivity index (χ3v) is 5.32. The fourth-order valence-corrected chi connectivity index (χ4v) is 3.68. The number of ether oxygens (including phenoxy) is 3. The van der Waals surface area contributed by atoms with E-state index < -0.39 is 12.1 Å². The van der Waals surface area contributed by atoms with Crippen LogP contribution in [0.25, 0.3) is 11.5 Å². The largest absolute Gasteiger partial charge is 0.479 e. The monoisotopic (exact) mass is 417 g/mol. The number of benzene rings is 1. The lowest BCUT2D eigenvalue weighted by Crippen LogP contribution is -2.34. The minimum Gasteiger partial charge on any atom is -0.479 e. The van der Waals surface area contributed by atoms with Gasteiger partial charge in [-0.2, -0.15) is 0 Å². The summed E-state index contributed by atoms with van der Waals surface area (Å²) in [7, 11) is 0. The van der Waals surface area contributed by atoms with Crippen LogP contribution < -0.4 is 0 Å². The molecular weight excluding hydrogens is 386 g/mol.